The van der Waals surface area contributed by atoms with Gasteiger partial charge in [0.2, 0.25) is 0 Å². The summed E-state index contributed by atoms with van der Waals surface area (Å²) in [6.45, 7) is 3.37. The Morgan fingerprint density at radius 3 is 2.38 bits per heavy atom. The van der Waals surface area contributed by atoms with Crippen LogP contribution >= 0.6 is 0 Å². The summed E-state index contributed by atoms with van der Waals surface area (Å²) >= 11 is 0. The van der Waals surface area contributed by atoms with Crippen molar-refractivity contribution in [3.63, 3.8) is 0 Å². The average Bonchev–Trinajstić information content (AvgIpc) is 2.67. The standard InChI is InChI=1S/C23H25N/c1-17-10-12-20(14-21(17)19-8-6-5-7-9-19)22-13-11-18(16-24-22)15-23(2,3)4/h5-14,16H,15H2,1-4H3/i1D3,15D2. The van der Waals surface area contributed by atoms with Crippen molar-refractivity contribution in [1.82, 2.24) is 4.98 Å². The van der Waals surface area contributed by atoms with Crippen LogP contribution in [0, 0.1) is 12.3 Å². The van der Waals surface area contributed by atoms with Crippen LogP contribution in [0.5, 0.6) is 0 Å². The molecule has 0 unspecified atom stereocenters. The topological polar surface area (TPSA) is 12.9 Å². The maximum atomic E-state index is 8.40. The van der Waals surface area contributed by atoms with E-state index in [0.29, 0.717) is 22.4 Å². The minimum Gasteiger partial charge on any atom is -0.256 e. The van der Waals surface area contributed by atoms with Crippen molar-refractivity contribution < 1.29 is 6.85 Å². The summed E-state index contributed by atoms with van der Waals surface area (Å²) < 4.78 is 40.4. The van der Waals surface area contributed by atoms with E-state index >= 15 is 0 Å². The van der Waals surface area contributed by atoms with Gasteiger partial charge < -0.3 is 0 Å². The van der Waals surface area contributed by atoms with Gasteiger partial charge in [0, 0.05) is 18.6 Å². The lowest BCUT2D eigenvalue weighted by Crippen LogP contribution is -2.09. The lowest BCUT2D eigenvalue weighted by Gasteiger charge is -2.18. The fraction of sp³-hybridized carbons (Fsp3) is 0.261. The molecule has 0 radical (unpaired) electrons. The van der Waals surface area contributed by atoms with E-state index < -0.39 is 18.6 Å². The Morgan fingerprint density at radius 1 is 0.958 bits per heavy atom. The molecule has 1 heterocycles. The summed E-state index contributed by atoms with van der Waals surface area (Å²) in [5, 5.41) is 0. The fourth-order valence-electron chi connectivity index (χ4n) is 2.63. The van der Waals surface area contributed by atoms with Gasteiger partial charge in [0.05, 0.1) is 5.69 Å². The minimum atomic E-state index is -2.22. The Hall–Kier alpha value is -2.41. The molecule has 24 heavy (non-hydrogen) atoms. The van der Waals surface area contributed by atoms with Gasteiger partial charge in [-0.25, -0.2) is 0 Å². The van der Waals surface area contributed by atoms with E-state index in [0.717, 1.165) is 11.1 Å². The second-order valence-corrected chi connectivity index (χ2v) is 6.93. The summed E-state index contributed by atoms with van der Waals surface area (Å²) in [7, 11) is 0. The van der Waals surface area contributed by atoms with Gasteiger partial charge in [-0.05, 0) is 53.0 Å². The molecule has 1 nitrogen and oxygen atoms in total. The molecule has 2 aromatic carbocycles. The number of hydrogen-bond donors (Lipinski definition) is 0. The third-order valence-electron chi connectivity index (χ3n) is 3.68. The molecule has 0 saturated carbocycles. The lowest BCUT2D eigenvalue weighted by atomic mass is 9.88. The summed E-state index contributed by atoms with van der Waals surface area (Å²) in [6, 6.07) is 18.2. The van der Waals surface area contributed by atoms with Crippen LogP contribution in [0.4, 0.5) is 0 Å². The third-order valence-corrected chi connectivity index (χ3v) is 3.68. The molecule has 0 bridgehead atoms. The zero-order chi connectivity index (χ0) is 21.4. The molecule has 0 N–H and O–H groups in total. The Morgan fingerprint density at radius 2 is 1.75 bits per heavy atom. The van der Waals surface area contributed by atoms with Gasteiger partial charge in [0.15, 0.2) is 0 Å². The van der Waals surface area contributed by atoms with Crippen molar-refractivity contribution in [2.75, 3.05) is 0 Å². The van der Waals surface area contributed by atoms with Crippen LogP contribution in [0.1, 0.15) is 38.8 Å². The van der Waals surface area contributed by atoms with Gasteiger partial charge in [-0.15, -0.1) is 0 Å². The summed E-state index contributed by atoms with van der Waals surface area (Å²) in [4.78, 5) is 4.47. The normalized spacial score (nSPS) is 15.7. The van der Waals surface area contributed by atoms with Crippen LogP contribution in [0.15, 0.2) is 66.9 Å². The zero-order valence-electron chi connectivity index (χ0n) is 19.3. The highest BCUT2D eigenvalue weighted by Crippen LogP contribution is 2.29. The van der Waals surface area contributed by atoms with Crippen molar-refractivity contribution in [3.8, 4) is 22.4 Å². The SMILES string of the molecule is [2H]C([2H])([2H])c1ccc(-c2ccc(C([2H])([2H])C(C)(C)C)cn2)cc1-c1ccccc1. The first-order chi connectivity index (χ1) is 13.4. The van der Waals surface area contributed by atoms with E-state index in [4.69, 9.17) is 6.85 Å². The van der Waals surface area contributed by atoms with Gasteiger partial charge in [-0.1, -0.05) is 69.3 Å². The molecular weight excluding hydrogens is 290 g/mol. The van der Waals surface area contributed by atoms with Crippen LogP contribution in [0.3, 0.4) is 0 Å². The largest absolute Gasteiger partial charge is 0.256 e. The van der Waals surface area contributed by atoms with Gasteiger partial charge in [-0.2, -0.15) is 0 Å². The summed E-state index contributed by atoms with van der Waals surface area (Å²) in [5.74, 6) is 0. The molecular formula is C23H25N. The first-order valence-corrected chi connectivity index (χ1v) is 8.08. The first kappa shape index (κ1) is 11.2. The van der Waals surface area contributed by atoms with E-state index in [-0.39, 0.29) is 0 Å². The maximum absolute atomic E-state index is 8.40. The lowest BCUT2D eigenvalue weighted by molar-refractivity contribution is 0.411. The molecule has 0 aliphatic rings. The van der Waals surface area contributed by atoms with Gasteiger partial charge >= 0.3 is 0 Å². The number of rotatable bonds is 3. The molecule has 0 aliphatic carbocycles. The molecule has 0 spiro atoms. The van der Waals surface area contributed by atoms with Crippen molar-refractivity contribution >= 4 is 0 Å². The first-order valence-electron chi connectivity index (χ1n) is 10.6. The Kier molecular flexibility index (Phi) is 3.08. The average molecular weight is 320 g/mol. The van der Waals surface area contributed by atoms with Crippen molar-refractivity contribution in [1.29, 1.82) is 0 Å². The van der Waals surface area contributed by atoms with E-state index in [1.807, 2.05) is 57.2 Å². The molecule has 3 aromatic rings. The second kappa shape index (κ2) is 6.60. The van der Waals surface area contributed by atoms with E-state index in [9.17, 15) is 0 Å². The Labute approximate surface area is 152 Å². The molecule has 1 aromatic heterocycles. The molecule has 0 fully saturated rings. The predicted octanol–water partition coefficient (Wildman–Crippen LogP) is 6.31. The molecule has 0 aliphatic heterocycles. The number of nitrogens with zero attached hydrogens (tertiary/aromatic N) is 1. The van der Waals surface area contributed by atoms with E-state index in [2.05, 4.69) is 4.98 Å². The van der Waals surface area contributed by atoms with Crippen molar-refractivity contribution in [2.24, 2.45) is 5.41 Å². The predicted molar refractivity (Wildman–Crippen MR) is 103 cm³/mol. The van der Waals surface area contributed by atoms with Crippen LogP contribution in [-0.4, -0.2) is 4.98 Å². The van der Waals surface area contributed by atoms with Crippen LogP contribution in [0.2, 0.25) is 0 Å². The maximum Gasteiger partial charge on any atom is 0.0702 e. The monoisotopic (exact) mass is 320 g/mol. The highest BCUT2D eigenvalue weighted by atomic mass is 14.7. The van der Waals surface area contributed by atoms with Crippen molar-refractivity contribution in [2.45, 2.75) is 34.0 Å². The van der Waals surface area contributed by atoms with Crippen LogP contribution in [0.25, 0.3) is 22.4 Å². The Bertz CT molecular complexity index is 985. The fourth-order valence-corrected chi connectivity index (χ4v) is 2.63. The minimum absolute atomic E-state index is 0.299. The highest BCUT2D eigenvalue weighted by molar-refractivity contribution is 5.74. The van der Waals surface area contributed by atoms with Crippen molar-refractivity contribution in [3.05, 3.63) is 78.0 Å². The third kappa shape index (κ3) is 3.91. The smallest absolute Gasteiger partial charge is 0.0702 e. The second-order valence-electron chi connectivity index (χ2n) is 6.93. The van der Waals surface area contributed by atoms with Crippen LogP contribution < -0.4 is 0 Å². The molecule has 122 valence electrons. The number of aryl methyl sites for hydroxylation is 1. The summed E-state index contributed by atoms with van der Waals surface area (Å²) in [5.41, 5.74) is 3.22. The van der Waals surface area contributed by atoms with Crippen LogP contribution in [-0.2, 0) is 6.37 Å². The Balaban J connectivity index is 2.07. The van der Waals surface area contributed by atoms with E-state index in [1.54, 1.807) is 30.5 Å². The van der Waals surface area contributed by atoms with Gasteiger partial charge in [0.25, 0.3) is 0 Å². The summed E-state index contributed by atoms with van der Waals surface area (Å²) in [6.07, 6.45) is 0.0549. The molecule has 0 amide bonds. The number of benzene rings is 2. The molecule has 0 atom stereocenters. The van der Waals surface area contributed by atoms with Gasteiger partial charge in [-0.3, -0.25) is 4.98 Å². The van der Waals surface area contributed by atoms with E-state index in [1.165, 1.54) is 0 Å². The number of hydrogen-bond acceptors (Lipinski definition) is 1. The molecule has 0 saturated heterocycles. The quantitative estimate of drug-likeness (QED) is 0.551. The zero-order valence-corrected chi connectivity index (χ0v) is 14.3. The number of aromatic nitrogens is 1. The number of pyridine rings is 1. The molecule has 1 heteroatoms. The molecule has 3 rings (SSSR count). The highest BCUT2D eigenvalue weighted by Gasteiger charge is 2.12. The van der Waals surface area contributed by atoms with Gasteiger partial charge in [0.1, 0.15) is 0 Å².